The van der Waals surface area contributed by atoms with Crippen molar-refractivity contribution in [1.29, 1.82) is 0 Å². The van der Waals surface area contributed by atoms with Gasteiger partial charge in [-0.15, -0.1) is 0 Å². The van der Waals surface area contributed by atoms with Gasteiger partial charge in [0.1, 0.15) is 5.75 Å². The van der Waals surface area contributed by atoms with Crippen LogP contribution in [0.4, 0.5) is 0 Å². The zero-order valence-electron chi connectivity index (χ0n) is 10.4. The molecule has 0 aliphatic carbocycles. The lowest BCUT2D eigenvalue weighted by molar-refractivity contribution is 0.340. The lowest BCUT2D eigenvalue weighted by Gasteiger charge is -2.13. The lowest BCUT2D eigenvalue weighted by Crippen LogP contribution is -2.08. The fraction of sp³-hybridized carbons (Fsp3) is 0.571. The molecule has 90 valence electrons. The molecular weight excluding hydrogens is 264 g/mol. The van der Waals surface area contributed by atoms with Crippen molar-refractivity contribution in [3.05, 3.63) is 29.8 Å². The Bertz CT molecular complexity index is 309. The topological polar surface area (TPSA) is 9.23 Å². The molecule has 0 aromatic heterocycles. The van der Waals surface area contributed by atoms with E-state index in [2.05, 4.69) is 48.0 Å². The molecule has 1 aromatic rings. The highest BCUT2D eigenvalue weighted by Crippen LogP contribution is 2.20. The first-order valence-electron chi connectivity index (χ1n) is 5.99. The van der Waals surface area contributed by atoms with Crippen molar-refractivity contribution < 1.29 is 4.74 Å². The third-order valence-electron chi connectivity index (χ3n) is 2.64. The van der Waals surface area contributed by atoms with E-state index in [1.54, 1.807) is 0 Å². The summed E-state index contributed by atoms with van der Waals surface area (Å²) in [6.07, 6.45) is 2.28. The van der Waals surface area contributed by atoms with Crippen LogP contribution in [0.1, 0.15) is 32.8 Å². The number of hydrogen-bond donors (Lipinski definition) is 0. The predicted molar refractivity (Wildman–Crippen MR) is 73.5 cm³/mol. The van der Waals surface area contributed by atoms with Crippen molar-refractivity contribution in [3.63, 3.8) is 0 Å². The Labute approximate surface area is 107 Å². The molecule has 0 spiro atoms. The second kappa shape index (κ2) is 6.95. The molecule has 0 fully saturated rings. The Morgan fingerprint density at radius 1 is 1.31 bits per heavy atom. The molecule has 1 unspecified atom stereocenters. The molecule has 0 saturated carbocycles. The highest BCUT2D eigenvalue weighted by atomic mass is 79.9. The van der Waals surface area contributed by atoms with Crippen LogP contribution in [0.5, 0.6) is 5.75 Å². The third kappa shape index (κ3) is 4.56. The Kier molecular flexibility index (Phi) is 5.89. The van der Waals surface area contributed by atoms with E-state index in [1.165, 1.54) is 12.0 Å². The quantitative estimate of drug-likeness (QED) is 0.702. The molecule has 0 saturated heterocycles. The Balaban J connectivity index is 2.50. The largest absolute Gasteiger partial charge is 0.494 e. The highest BCUT2D eigenvalue weighted by molar-refractivity contribution is 9.09. The van der Waals surface area contributed by atoms with Gasteiger partial charge in [0.25, 0.3) is 0 Å². The molecule has 1 nitrogen and oxygen atoms in total. The molecule has 0 N–H and O–H groups in total. The smallest absolute Gasteiger partial charge is 0.119 e. The average molecular weight is 285 g/mol. The SMILES string of the molecule is CCOc1cccc(CCC(Br)C(C)C)c1. The summed E-state index contributed by atoms with van der Waals surface area (Å²) in [7, 11) is 0. The second-order valence-electron chi connectivity index (χ2n) is 4.38. The zero-order chi connectivity index (χ0) is 12.0. The van der Waals surface area contributed by atoms with Crippen molar-refractivity contribution in [2.75, 3.05) is 6.61 Å². The van der Waals surface area contributed by atoms with Gasteiger partial charge >= 0.3 is 0 Å². The summed E-state index contributed by atoms with van der Waals surface area (Å²) in [5, 5.41) is 0. The predicted octanol–water partition coefficient (Wildman–Crippen LogP) is 4.44. The van der Waals surface area contributed by atoms with Crippen LogP contribution in [0.25, 0.3) is 0 Å². The molecule has 1 aromatic carbocycles. The first-order valence-corrected chi connectivity index (χ1v) is 6.91. The van der Waals surface area contributed by atoms with E-state index in [4.69, 9.17) is 4.74 Å². The van der Waals surface area contributed by atoms with E-state index in [9.17, 15) is 0 Å². The molecule has 0 bridgehead atoms. The van der Waals surface area contributed by atoms with Crippen molar-refractivity contribution in [1.82, 2.24) is 0 Å². The summed E-state index contributed by atoms with van der Waals surface area (Å²) in [5.74, 6) is 1.67. The standard InChI is InChI=1S/C14H21BrO/c1-4-16-13-7-5-6-12(10-13)8-9-14(15)11(2)3/h5-7,10-11,14H,4,8-9H2,1-3H3. The van der Waals surface area contributed by atoms with Crippen LogP contribution in [-0.4, -0.2) is 11.4 Å². The number of rotatable bonds is 6. The van der Waals surface area contributed by atoms with Crippen molar-refractivity contribution >= 4 is 15.9 Å². The maximum atomic E-state index is 5.49. The van der Waals surface area contributed by atoms with E-state index in [-0.39, 0.29) is 0 Å². The van der Waals surface area contributed by atoms with Crippen LogP contribution < -0.4 is 4.74 Å². The van der Waals surface area contributed by atoms with Crippen LogP contribution in [0.15, 0.2) is 24.3 Å². The van der Waals surface area contributed by atoms with Gasteiger partial charge in [-0.2, -0.15) is 0 Å². The molecule has 0 aliphatic heterocycles. The summed E-state index contributed by atoms with van der Waals surface area (Å²) in [4.78, 5) is 0.600. The number of alkyl halides is 1. The zero-order valence-corrected chi connectivity index (χ0v) is 12.0. The van der Waals surface area contributed by atoms with Gasteiger partial charge in [-0.1, -0.05) is 41.9 Å². The summed E-state index contributed by atoms with van der Waals surface area (Å²) in [6.45, 7) is 7.24. The van der Waals surface area contributed by atoms with E-state index >= 15 is 0 Å². The maximum Gasteiger partial charge on any atom is 0.119 e. The Hall–Kier alpha value is -0.500. The van der Waals surface area contributed by atoms with Gasteiger partial charge in [-0.3, -0.25) is 0 Å². The van der Waals surface area contributed by atoms with E-state index in [1.807, 2.05) is 13.0 Å². The highest BCUT2D eigenvalue weighted by Gasteiger charge is 2.08. The molecular formula is C14H21BrO. The molecule has 0 heterocycles. The van der Waals surface area contributed by atoms with Gasteiger partial charge < -0.3 is 4.74 Å². The van der Waals surface area contributed by atoms with Crippen LogP contribution >= 0.6 is 15.9 Å². The third-order valence-corrected chi connectivity index (χ3v) is 4.16. The van der Waals surface area contributed by atoms with Gasteiger partial charge in [0.05, 0.1) is 6.61 Å². The molecule has 1 atom stereocenters. The van der Waals surface area contributed by atoms with E-state index in [0.29, 0.717) is 10.7 Å². The fourth-order valence-electron chi connectivity index (χ4n) is 1.60. The van der Waals surface area contributed by atoms with Gasteiger partial charge in [0.15, 0.2) is 0 Å². The Morgan fingerprint density at radius 2 is 2.06 bits per heavy atom. The summed E-state index contributed by atoms with van der Waals surface area (Å²) < 4.78 is 5.49. The summed E-state index contributed by atoms with van der Waals surface area (Å²) in [6, 6.07) is 8.39. The second-order valence-corrected chi connectivity index (χ2v) is 5.56. The van der Waals surface area contributed by atoms with Crippen LogP contribution in [0.3, 0.4) is 0 Å². The normalized spacial score (nSPS) is 12.8. The van der Waals surface area contributed by atoms with Crippen molar-refractivity contribution in [3.8, 4) is 5.75 Å². The first kappa shape index (κ1) is 13.6. The number of hydrogen-bond acceptors (Lipinski definition) is 1. The van der Waals surface area contributed by atoms with Crippen LogP contribution in [0, 0.1) is 5.92 Å². The lowest BCUT2D eigenvalue weighted by atomic mass is 10.0. The van der Waals surface area contributed by atoms with E-state index < -0.39 is 0 Å². The number of halogens is 1. The van der Waals surface area contributed by atoms with Gasteiger partial charge in [-0.05, 0) is 43.4 Å². The summed E-state index contributed by atoms with van der Waals surface area (Å²) >= 11 is 3.72. The van der Waals surface area contributed by atoms with Gasteiger partial charge in [0.2, 0.25) is 0 Å². The fourth-order valence-corrected chi connectivity index (χ4v) is 1.82. The minimum absolute atomic E-state index is 0.600. The minimum Gasteiger partial charge on any atom is -0.494 e. The van der Waals surface area contributed by atoms with Crippen molar-refractivity contribution in [2.45, 2.75) is 38.4 Å². The Morgan fingerprint density at radius 3 is 2.69 bits per heavy atom. The average Bonchev–Trinajstić information content (AvgIpc) is 2.26. The molecule has 0 radical (unpaired) electrons. The number of ether oxygens (including phenoxy) is 1. The van der Waals surface area contributed by atoms with E-state index in [0.717, 1.165) is 18.8 Å². The molecule has 16 heavy (non-hydrogen) atoms. The first-order chi connectivity index (χ1) is 7.63. The van der Waals surface area contributed by atoms with Crippen LogP contribution in [-0.2, 0) is 6.42 Å². The summed E-state index contributed by atoms with van der Waals surface area (Å²) in [5.41, 5.74) is 1.36. The number of benzene rings is 1. The van der Waals surface area contributed by atoms with Gasteiger partial charge in [0, 0.05) is 4.83 Å². The maximum absolute atomic E-state index is 5.49. The molecule has 1 rings (SSSR count). The molecule has 0 aliphatic rings. The van der Waals surface area contributed by atoms with Crippen LogP contribution in [0.2, 0.25) is 0 Å². The molecule has 0 amide bonds. The molecule has 2 heteroatoms. The van der Waals surface area contributed by atoms with Gasteiger partial charge in [-0.25, -0.2) is 0 Å². The monoisotopic (exact) mass is 284 g/mol. The number of aryl methyl sites for hydroxylation is 1. The van der Waals surface area contributed by atoms with Crippen molar-refractivity contribution in [2.24, 2.45) is 5.92 Å². The minimum atomic E-state index is 0.600.